The van der Waals surface area contributed by atoms with Gasteiger partial charge in [0.1, 0.15) is 5.82 Å². The second kappa shape index (κ2) is 3.51. The van der Waals surface area contributed by atoms with Crippen molar-refractivity contribution in [2.45, 2.75) is 6.10 Å². The molecule has 0 bridgehead atoms. The molecular weight excluding hydrogens is 249 g/mol. The highest BCUT2D eigenvalue weighted by atomic mass is 35.5. The molecule has 0 N–H and O–H groups in total. The molecule has 1 saturated heterocycles. The van der Waals surface area contributed by atoms with Crippen LogP contribution in [0.15, 0.2) is 12.1 Å². The summed E-state index contributed by atoms with van der Waals surface area (Å²) in [5.41, 5.74) is 0.430. The van der Waals surface area contributed by atoms with Crippen molar-refractivity contribution in [2.75, 3.05) is 18.1 Å². The topological polar surface area (TPSA) is 49.9 Å². The second-order valence-electron chi connectivity index (χ2n) is 3.98. The molecule has 4 nitrogen and oxygen atoms in total. The lowest BCUT2D eigenvalue weighted by molar-refractivity contribution is -0.114. The molecule has 0 saturated carbocycles. The van der Waals surface area contributed by atoms with Gasteiger partial charge < -0.3 is 9.64 Å². The van der Waals surface area contributed by atoms with E-state index in [0.29, 0.717) is 6.61 Å². The molecule has 1 aromatic carbocycles. The van der Waals surface area contributed by atoms with Crippen LogP contribution in [-0.4, -0.2) is 30.9 Å². The summed E-state index contributed by atoms with van der Waals surface area (Å²) in [6, 6.07) is 2.31. The van der Waals surface area contributed by atoms with Crippen molar-refractivity contribution < 1.29 is 18.7 Å². The van der Waals surface area contributed by atoms with Crippen molar-refractivity contribution in [2.24, 2.45) is 0 Å². The van der Waals surface area contributed by atoms with Crippen molar-refractivity contribution in [3.8, 4) is 0 Å². The molecule has 2 aliphatic heterocycles. The lowest BCUT2D eigenvalue weighted by Crippen LogP contribution is -2.33. The standard InChI is InChI=1S/C11H7ClFNO3/c12-7-1-6-9(2-8(7)13)14(3-5-4-17-5)11(16)10(6)15/h1-2,5H,3-4H2. The van der Waals surface area contributed by atoms with E-state index in [9.17, 15) is 14.0 Å². The summed E-state index contributed by atoms with van der Waals surface area (Å²) in [5.74, 6) is -1.95. The molecule has 1 unspecified atom stereocenters. The van der Waals surface area contributed by atoms with E-state index in [4.69, 9.17) is 16.3 Å². The summed E-state index contributed by atoms with van der Waals surface area (Å²) in [4.78, 5) is 24.6. The molecule has 2 aliphatic rings. The number of benzene rings is 1. The van der Waals surface area contributed by atoms with E-state index in [1.165, 1.54) is 11.0 Å². The zero-order valence-electron chi connectivity index (χ0n) is 8.57. The quantitative estimate of drug-likeness (QED) is 0.593. The summed E-state index contributed by atoms with van der Waals surface area (Å²) < 4.78 is 18.3. The van der Waals surface area contributed by atoms with Crippen LogP contribution in [0.4, 0.5) is 10.1 Å². The van der Waals surface area contributed by atoms with Crippen molar-refractivity contribution >= 4 is 29.0 Å². The Morgan fingerprint density at radius 3 is 2.82 bits per heavy atom. The van der Waals surface area contributed by atoms with E-state index >= 15 is 0 Å². The predicted octanol–water partition coefficient (Wildman–Crippen LogP) is 1.41. The third kappa shape index (κ3) is 1.62. The largest absolute Gasteiger partial charge is 0.371 e. The van der Waals surface area contributed by atoms with Gasteiger partial charge in [-0.25, -0.2) is 4.39 Å². The zero-order valence-corrected chi connectivity index (χ0v) is 9.33. The van der Waals surface area contributed by atoms with Crippen LogP contribution >= 0.6 is 11.6 Å². The minimum absolute atomic E-state index is 0.0589. The molecule has 1 fully saturated rings. The van der Waals surface area contributed by atoms with Gasteiger partial charge in [-0.15, -0.1) is 0 Å². The van der Waals surface area contributed by atoms with E-state index in [0.717, 1.165) is 6.07 Å². The van der Waals surface area contributed by atoms with Crippen LogP contribution in [0, 0.1) is 5.82 Å². The number of fused-ring (bicyclic) bond motifs is 1. The molecule has 6 heteroatoms. The van der Waals surface area contributed by atoms with Gasteiger partial charge in [0.05, 0.1) is 35.5 Å². The molecule has 0 spiro atoms. The maximum atomic E-state index is 13.3. The van der Waals surface area contributed by atoms with Crippen molar-refractivity contribution in [3.63, 3.8) is 0 Å². The Labute approximate surface area is 101 Å². The van der Waals surface area contributed by atoms with Gasteiger partial charge in [0.25, 0.3) is 11.7 Å². The summed E-state index contributed by atoms with van der Waals surface area (Å²) in [6.07, 6.45) is -0.0589. The SMILES string of the molecule is O=C1C(=O)N(CC2CO2)c2cc(F)c(Cl)cc21. The second-order valence-corrected chi connectivity index (χ2v) is 4.39. The van der Waals surface area contributed by atoms with Crippen LogP contribution in [0.3, 0.4) is 0 Å². The van der Waals surface area contributed by atoms with Gasteiger partial charge in [0.2, 0.25) is 0 Å². The molecule has 0 radical (unpaired) electrons. The summed E-state index contributed by atoms with van der Waals surface area (Å²) in [7, 11) is 0. The molecule has 0 aromatic heterocycles. The normalized spacial score (nSPS) is 22.0. The first-order chi connectivity index (χ1) is 8.08. The number of epoxide rings is 1. The molecule has 0 aliphatic carbocycles. The molecule has 3 rings (SSSR count). The van der Waals surface area contributed by atoms with E-state index in [-0.39, 0.29) is 28.9 Å². The number of nitrogens with zero attached hydrogens (tertiary/aromatic N) is 1. The first-order valence-corrected chi connectivity index (χ1v) is 5.42. The third-order valence-electron chi connectivity index (χ3n) is 2.80. The van der Waals surface area contributed by atoms with E-state index < -0.39 is 17.5 Å². The number of ether oxygens (including phenoxy) is 1. The minimum Gasteiger partial charge on any atom is -0.371 e. The lowest BCUT2D eigenvalue weighted by atomic mass is 10.1. The highest BCUT2D eigenvalue weighted by Gasteiger charge is 2.40. The smallest absolute Gasteiger partial charge is 0.299 e. The number of carbonyl (C=O) groups is 2. The van der Waals surface area contributed by atoms with Crippen LogP contribution in [0.2, 0.25) is 5.02 Å². The van der Waals surface area contributed by atoms with Gasteiger partial charge in [-0.3, -0.25) is 9.59 Å². The Morgan fingerprint density at radius 2 is 2.18 bits per heavy atom. The van der Waals surface area contributed by atoms with E-state index in [1.54, 1.807) is 0 Å². The van der Waals surface area contributed by atoms with Gasteiger partial charge in [-0.05, 0) is 12.1 Å². The van der Waals surface area contributed by atoms with Gasteiger partial charge >= 0.3 is 0 Å². The number of anilines is 1. The molecule has 1 aromatic rings. The van der Waals surface area contributed by atoms with E-state index in [1.807, 2.05) is 0 Å². The van der Waals surface area contributed by atoms with Crippen LogP contribution in [0.1, 0.15) is 10.4 Å². The van der Waals surface area contributed by atoms with Gasteiger partial charge in [-0.1, -0.05) is 11.6 Å². The maximum Gasteiger partial charge on any atom is 0.299 e. The van der Waals surface area contributed by atoms with Crippen LogP contribution in [0.25, 0.3) is 0 Å². The van der Waals surface area contributed by atoms with Crippen LogP contribution in [0.5, 0.6) is 0 Å². The third-order valence-corrected chi connectivity index (χ3v) is 3.09. The van der Waals surface area contributed by atoms with Crippen molar-refractivity contribution in [1.29, 1.82) is 0 Å². The predicted molar refractivity (Wildman–Crippen MR) is 57.8 cm³/mol. The number of Topliss-reactive ketones (excluding diaryl/α,β-unsaturated/α-hetero) is 1. The van der Waals surface area contributed by atoms with Crippen molar-refractivity contribution in [3.05, 3.63) is 28.5 Å². The Kier molecular flexibility index (Phi) is 2.21. The molecular formula is C11H7ClFNO3. The number of carbonyl (C=O) groups excluding carboxylic acids is 2. The number of amides is 1. The molecule has 1 atom stereocenters. The summed E-state index contributed by atoms with van der Waals surface area (Å²) in [5, 5.41) is -0.158. The van der Waals surface area contributed by atoms with E-state index in [2.05, 4.69) is 0 Å². The molecule has 2 heterocycles. The Morgan fingerprint density at radius 1 is 1.47 bits per heavy atom. The van der Waals surface area contributed by atoms with Crippen LogP contribution < -0.4 is 4.90 Å². The number of ketones is 1. The van der Waals surface area contributed by atoms with Gasteiger partial charge in [-0.2, -0.15) is 0 Å². The minimum atomic E-state index is -0.655. The molecule has 88 valence electrons. The first-order valence-electron chi connectivity index (χ1n) is 5.05. The number of rotatable bonds is 2. The molecule has 1 amide bonds. The first kappa shape index (κ1) is 10.7. The maximum absolute atomic E-state index is 13.3. The summed E-state index contributed by atoms with van der Waals surface area (Å²) >= 11 is 5.59. The average Bonchev–Trinajstić information content (AvgIpc) is 3.07. The fourth-order valence-corrected chi connectivity index (χ4v) is 2.01. The number of hydrogen-bond donors (Lipinski definition) is 0. The Bertz CT molecular complexity index is 542. The average molecular weight is 256 g/mol. The Balaban J connectivity index is 2.07. The van der Waals surface area contributed by atoms with Gasteiger partial charge in [0.15, 0.2) is 0 Å². The number of halogens is 2. The van der Waals surface area contributed by atoms with Gasteiger partial charge in [0, 0.05) is 0 Å². The Hall–Kier alpha value is -1.46. The fourth-order valence-electron chi connectivity index (χ4n) is 1.85. The summed E-state index contributed by atoms with van der Waals surface area (Å²) in [6.45, 7) is 0.835. The zero-order chi connectivity index (χ0) is 12.2. The molecule has 17 heavy (non-hydrogen) atoms. The van der Waals surface area contributed by atoms with Crippen LogP contribution in [-0.2, 0) is 9.53 Å². The fraction of sp³-hybridized carbons (Fsp3) is 0.273. The number of hydrogen-bond acceptors (Lipinski definition) is 3. The lowest BCUT2D eigenvalue weighted by Gasteiger charge is -2.14. The monoisotopic (exact) mass is 255 g/mol. The highest BCUT2D eigenvalue weighted by Crippen LogP contribution is 2.34. The van der Waals surface area contributed by atoms with Crippen molar-refractivity contribution in [1.82, 2.24) is 0 Å². The highest BCUT2D eigenvalue weighted by molar-refractivity contribution is 6.52.